The second kappa shape index (κ2) is 7.36. The van der Waals surface area contributed by atoms with E-state index in [-0.39, 0.29) is 34.0 Å². The molecule has 0 aliphatic carbocycles. The second-order valence-corrected chi connectivity index (χ2v) is 21.4. The average molecular weight is 426 g/mol. The Morgan fingerprint density at radius 1 is 1.04 bits per heavy atom. The summed E-state index contributed by atoms with van der Waals surface area (Å²) in [5.74, 6) is 0.530. The van der Waals surface area contributed by atoms with E-state index >= 15 is 0 Å². The monoisotopic (exact) mass is 425 g/mol. The zero-order chi connectivity index (χ0) is 21.9. The molecule has 0 N–H and O–H groups in total. The summed E-state index contributed by atoms with van der Waals surface area (Å²) >= 11 is 0. The lowest BCUT2D eigenvalue weighted by molar-refractivity contribution is -0.159. The van der Waals surface area contributed by atoms with Gasteiger partial charge in [-0.05, 0) is 49.1 Å². The van der Waals surface area contributed by atoms with Gasteiger partial charge < -0.3 is 13.8 Å². The molecule has 2 aliphatic rings. The third kappa shape index (κ3) is 4.21. The highest BCUT2D eigenvalue weighted by Gasteiger charge is 2.57. The number of nitrogens with zero attached hydrogens (tertiary/aromatic N) is 1. The van der Waals surface area contributed by atoms with Crippen LogP contribution in [0.1, 0.15) is 55.4 Å². The van der Waals surface area contributed by atoms with Crippen molar-refractivity contribution in [2.45, 2.75) is 104 Å². The van der Waals surface area contributed by atoms with Crippen molar-refractivity contribution in [2.24, 2.45) is 11.8 Å². The number of hydrogen-bond donors (Lipinski definition) is 0. The van der Waals surface area contributed by atoms with E-state index in [4.69, 9.17) is 8.85 Å². The summed E-state index contributed by atoms with van der Waals surface area (Å²) < 4.78 is 13.0. The Bertz CT molecular complexity index is 643. The van der Waals surface area contributed by atoms with Crippen LogP contribution in [-0.2, 0) is 13.6 Å². The van der Waals surface area contributed by atoms with Crippen LogP contribution in [0, 0.1) is 11.8 Å². The molecule has 2 rings (SSSR count). The van der Waals surface area contributed by atoms with Gasteiger partial charge in [0.25, 0.3) is 0 Å². The fourth-order valence-electron chi connectivity index (χ4n) is 3.69. The molecule has 1 fully saturated rings. The molecule has 0 spiro atoms. The Morgan fingerprint density at radius 2 is 1.54 bits per heavy atom. The van der Waals surface area contributed by atoms with Crippen LogP contribution in [0.5, 0.6) is 0 Å². The quantitative estimate of drug-likeness (QED) is 0.400. The minimum absolute atomic E-state index is 0.0360. The molecule has 6 heteroatoms. The van der Waals surface area contributed by atoms with Gasteiger partial charge in [0.05, 0.1) is 24.7 Å². The highest BCUT2D eigenvalue weighted by Crippen LogP contribution is 2.47. The van der Waals surface area contributed by atoms with Gasteiger partial charge in [0.1, 0.15) is 0 Å². The summed E-state index contributed by atoms with van der Waals surface area (Å²) in [6, 6.07) is 0.227. The summed E-state index contributed by atoms with van der Waals surface area (Å²) in [7, 11) is -3.73. The molecule has 4 atom stereocenters. The van der Waals surface area contributed by atoms with Crippen LogP contribution < -0.4 is 0 Å². The number of rotatable bonds is 6. The van der Waals surface area contributed by atoms with E-state index in [1.54, 1.807) is 0 Å². The topological polar surface area (TPSA) is 38.8 Å². The first-order valence-corrected chi connectivity index (χ1v) is 16.6. The maximum atomic E-state index is 13.1. The molecule has 0 aromatic carbocycles. The lowest BCUT2D eigenvalue weighted by Crippen LogP contribution is -2.65. The highest BCUT2D eigenvalue weighted by atomic mass is 28.4. The molecule has 2 heterocycles. The molecule has 1 saturated heterocycles. The Hall–Kier alpha value is -0.436. The number of β-lactam (4-membered cyclic amide) rings is 1. The molecule has 4 nitrogen and oxygen atoms in total. The highest BCUT2D eigenvalue weighted by molar-refractivity contribution is 6.74. The van der Waals surface area contributed by atoms with Gasteiger partial charge in [0.15, 0.2) is 16.6 Å². The summed E-state index contributed by atoms with van der Waals surface area (Å²) in [6.07, 6.45) is 2.21. The molecule has 0 unspecified atom stereocenters. The van der Waals surface area contributed by atoms with E-state index in [9.17, 15) is 4.79 Å². The summed E-state index contributed by atoms with van der Waals surface area (Å²) in [5.41, 5.74) is 1.06. The van der Waals surface area contributed by atoms with Crippen molar-refractivity contribution in [1.29, 1.82) is 0 Å². The van der Waals surface area contributed by atoms with E-state index < -0.39 is 16.6 Å². The minimum atomic E-state index is -1.89. The SMILES string of the molecule is C[C@H]1C=C(CO[Si](C)(C)C(C)(C)C)N2C(=O)[C@H]([C@@H](C)O[Si](C)(C)C(C)(C)C)[C@@H]12. The first-order chi connectivity index (χ1) is 12.4. The third-order valence-electron chi connectivity index (χ3n) is 7.67. The van der Waals surface area contributed by atoms with Crippen LogP contribution >= 0.6 is 0 Å². The van der Waals surface area contributed by atoms with Crippen LogP contribution in [0.15, 0.2) is 11.8 Å². The van der Waals surface area contributed by atoms with Gasteiger partial charge in [0.2, 0.25) is 5.91 Å². The van der Waals surface area contributed by atoms with Crippen molar-refractivity contribution < 1.29 is 13.6 Å². The first-order valence-electron chi connectivity index (χ1n) is 10.8. The molecule has 0 radical (unpaired) electrons. The van der Waals surface area contributed by atoms with E-state index in [0.717, 1.165) is 5.70 Å². The molecule has 0 aromatic rings. The molecular formula is C22H43NO3Si2. The molecule has 0 bridgehead atoms. The van der Waals surface area contributed by atoms with Crippen LogP contribution in [0.3, 0.4) is 0 Å². The van der Waals surface area contributed by atoms with Gasteiger partial charge in [-0.2, -0.15) is 0 Å². The second-order valence-electron chi connectivity index (χ2n) is 11.9. The van der Waals surface area contributed by atoms with Crippen molar-refractivity contribution in [3.8, 4) is 0 Å². The number of hydrogen-bond acceptors (Lipinski definition) is 3. The Kier molecular flexibility index (Phi) is 6.27. The largest absolute Gasteiger partial charge is 0.413 e. The lowest BCUT2D eigenvalue weighted by Gasteiger charge is -2.50. The average Bonchev–Trinajstić information content (AvgIpc) is 2.74. The molecule has 162 valence electrons. The van der Waals surface area contributed by atoms with Gasteiger partial charge in [-0.1, -0.05) is 54.5 Å². The van der Waals surface area contributed by atoms with Crippen LogP contribution in [0.2, 0.25) is 36.3 Å². The van der Waals surface area contributed by atoms with E-state index in [1.807, 2.05) is 4.90 Å². The van der Waals surface area contributed by atoms with Gasteiger partial charge in [-0.25, -0.2) is 0 Å². The summed E-state index contributed by atoms with van der Waals surface area (Å²) in [5, 5.41) is 0.319. The van der Waals surface area contributed by atoms with Crippen LogP contribution in [0.4, 0.5) is 0 Å². The zero-order valence-corrected chi connectivity index (χ0v) is 22.3. The number of amides is 1. The van der Waals surface area contributed by atoms with Gasteiger partial charge in [0, 0.05) is 5.70 Å². The fraction of sp³-hybridized carbons (Fsp3) is 0.864. The number of carbonyl (C=O) groups excluding carboxylic acids is 1. The Morgan fingerprint density at radius 3 is 2.00 bits per heavy atom. The minimum Gasteiger partial charge on any atom is -0.413 e. The molecule has 28 heavy (non-hydrogen) atoms. The van der Waals surface area contributed by atoms with Crippen molar-refractivity contribution in [3.63, 3.8) is 0 Å². The van der Waals surface area contributed by atoms with Crippen molar-refractivity contribution >= 4 is 22.5 Å². The molecule has 0 saturated carbocycles. The molecule has 2 aliphatic heterocycles. The smallest absolute Gasteiger partial charge is 0.234 e. The Labute approximate surface area is 175 Å². The van der Waals surface area contributed by atoms with Crippen molar-refractivity contribution in [3.05, 3.63) is 11.8 Å². The Balaban J connectivity index is 2.06. The fourth-order valence-corrected chi connectivity index (χ4v) is 6.06. The number of carbonyl (C=O) groups is 1. The predicted octanol–water partition coefficient (Wildman–Crippen LogP) is 5.78. The number of fused-ring (bicyclic) bond motifs is 1. The van der Waals surface area contributed by atoms with E-state index in [1.165, 1.54) is 0 Å². The van der Waals surface area contributed by atoms with Crippen LogP contribution in [0.25, 0.3) is 0 Å². The zero-order valence-electron chi connectivity index (χ0n) is 20.3. The van der Waals surface area contributed by atoms with Crippen LogP contribution in [-0.4, -0.2) is 46.2 Å². The maximum absolute atomic E-state index is 13.1. The van der Waals surface area contributed by atoms with Crippen molar-refractivity contribution in [1.82, 2.24) is 4.90 Å². The van der Waals surface area contributed by atoms with E-state index in [0.29, 0.717) is 12.5 Å². The standard InChI is InChI=1S/C22H43NO3Si2/c1-15-13-17(14-25-27(9,10)21(3,4)5)23-19(15)18(20(23)24)16(2)26-28(11,12)22(6,7)8/h13,15-16,18-19H,14H2,1-12H3/t15-,16+,18+,19+/m0/s1. The third-order valence-corrected chi connectivity index (χ3v) is 16.7. The summed E-state index contributed by atoms with van der Waals surface area (Å²) in [4.78, 5) is 15.1. The van der Waals surface area contributed by atoms with Crippen molar-refractivity contribution in [2.75, 3.05) is 6.61 Å². The predicted molar refractivity (Wildman–Crippen MR) is 122 cm³/mol. The first kappa shape index (κ1) is 23.8. The van der Waals surface area contributed by atoms with Gasteiger partial charge >= 0.3 is 0 Å². The molecule has 0 aromatic heterocycles. The van der Waals surface area contributed by atoms with Gasteiger partial charge in [-0.3, -0.25) is 4.79 Å². The summed E-state index contributed by atoms with van der Waals surface area (Å²) in [6.45, 7) is 27.4. The molecule has 1 amide bonds. The van der Waals surface area contributed by atoms with E-state index in [2.05, 4.69) is 87.7 Å². The molecular weight excluding hydrogens is 382 g/mol. The lowest BCUT2D eigenvalue weighted by atomic mass is 9.79. The van der Waals surface area contributed by atoms with Gasteiger partial charge in [-0.15, -0.1) is 0 Å². The normalized spacial score (nSPS) is 27.4. The maximum Gasteiger partial charge on any atom is 0.234 e.